The summed E-state index contributed by atoms with van der Waals surface area (Å²) in [6.07, 6.45) is 5.56. The third-order valence-corrected chi connectivity index (χ3v) is 5.74. The number of benzene rings is 1. The quantitative estimate of drug-likeness (QED) is 0.626. The van der Waals surface area contributed by atoms with Crippen molar-refractivity contribution in [3.8, 4) is 0 Å². The van der Waals surface area contributed by atoms with Crippen LogP contribution in [0.1, 0.15) is 38.2 Å². The van der Waals surface area contributed by atoms with Crippen molar-refractivity contribution in [1.29, 1.82) is 0 Å². The van der Waals surface area contributed by atoms with Crippen molar-refractivity contribution in [2.75, 3.05) is 26.2 Å². The maximum atomic E-state index is 11.1. The van der Waals surface area contributed by atoms with Crippen LogP contribution in [0.2, 0.25) is 0 Å². The van der Waals surface area contributed by atoms with E-state index < -0.39 is 0 Å². The van der Waals surface area contributed by atoms with Gasteiger partial charge < -0.3 is 9.80 Å². The molecule has 23 heavy (non-hydrogen) atoms. The summed E-state index contributed by atoms with van der Waals surface area (Å²) in [6.45, 7) is 7.87. The van der Waals surface area contributed by atoms with Crippen LogP contribution in [0.3, 0.4) is 0 Å². The van der Waals surface area contributed by atoms with E-state index in [0.29, 0.717) is 0 Å². The highest BCUT2D eigenvalue weighted by Gasteiger charge is 2.32. The Hall–Kier alpha value is -1.46. The lowest BCUT2D eigenvalue weighted by molar-refractivity contribution is -1.03. The van der Waals surface area contributed by atoms with Gasteiger partial charge in [-0.15, -0.1) is 0 Å². The van der Waals surface area contributed by atoms with Crippen LogP contribution in [0.5, 0.6) is 0 Å². The average molecular weight is 319 g/mol. The Kier molecular flexibility index (Phi) is 5.28. The minimum absolute atomic E-state index is 0.250. The van der Waals surface area contributed by atoms with E-state index in [1.54, 1.807) is 17.0 Å². The Balaban J connectivity index is 1.54. The zero-order chi connectivity index (χ0) is 16.2. The number of nitro benzene ring substituents is 1. The minimum Gasteiger partial charge on any atom is -0.323 e. The molecular formula is C18H29N3O2+2. The van der Waals surface area contributed by atoms with E-state index in [1.807, 2.05) is 12.1 Å². The summed E-state index contributed by atoms with van der Waals surface area (Å²) in [5, 5.41) is 11.1. The highest BCUT2D eigenvalue weighted by Crippen LogP contribution is 2.22. The number of quaternary nitrogens is 2. The predicted octanol–water partition coefficient (Wildman–Crippen LogP) is 0.457. The summed E-state index contributed by atoms with van der Waals surface area (Å²) in [4.78, 5) is 14.2. The smallest absolute Gasteiger partial charge is 0.278 e. The molecule has 1 aromatic rings. The lowest BCUT2D eigenvalue weighted by Crippen LogP contribution is -3.29. The van der Waals surface area contributed by atoms with Gasteiger partial charge in [-0.3, -0.25) is 10.1 Å². The molecule has 0 bridgehead atoms. The largest absolute Gasteiger partial charge is 0.323 e. The normalized spacial score (nSPS) is 31.7. The number of nitrogens with one attached hydrogen (secondary N) is 2. The molecule has 1 saturated heterocycles. The molecule has 1 aliphatic carbocycles. The molecule has 2 atom stereocenters. The third kappa shape index (κ3) is 4.09. The monoisotopic (exact) mass is 319 g/mol. The Labute approximate surface area is 138 Å². The van der Waals surface area contributed by atoms with Gasteiger partial charge in [0.1, 0.15) is 32.7 Å². The molecule has 126 valence electrons. The Bertz CT molecular complexity index is 541. The molecule has 3 rings (SSSR count). The zero-order valence-corrected chi connectivity index (χ0v) is 14.1. The van der Waals surface area contributed by atoms with E-state index in [4.69, 9.17) is 0 Å². The van der Waals surface area contributed by atoms with Crippen LogP contribution in [0, 0.1) is 16.0 Å². The molecule has 0 radical (unpaired) electrons. The second kappa shape index (κ2) is 7.41. The molecule has 2 N–H and O–H groups in total. The molecule has 1 aliphatic heterocycles. The Morgan fingerprint density at radius 3 is 2.61 bits per heavy atom. The molecule has 5 nitrogen and oxygen atoms in total. The fourth-order valence-electron chi connectivity index (χ4n) is 4.42. The van der Waals surface area contributed by atoms with Crippen LogP contribution < -0.4 is 9.80 Å². The van der Waals surface area contributed by atoms with Crippen molar-refractivity contribution in [1.82, 2.24) is 0 Å². The first-order chi connectivity index (χ1) is 11.1. The van der Waals surface area contributed by atoms with E-state index in [9.17, 15) is 10.1 Å². The number of rotatable bonds is 4. The maximum Gasteiger partial charge on any atom is 0.278 e. The Morgan fingerprint density at radius 1 is 1.17 bits per heavy atom. The zero-order valence-electron chi connectivity index (χ0n) is 14.1. The van der Waals surface area contributed by atoms with Crippen LogP contribution in [0.4, 0.5) is 5.69 Å². The molecule has 1 heterocycles. The van der Waals surface area contributed by atoms with Crippen LogP contribution in [-0.2, 0) is 6.54 Å². The maximum absolute atomic E-state index is 11.1. The van der Waals surface area contributed by atoms with Crippen LogP contribution in [0.15, 0.2) is 24.3 Å². The van der Waals surface area contributed by atoms with Gasteiger partial charge in [-0.2, -0.15) is 0 Å². The van der Waals surface area contributed by atoms with E-state index in [0.717, 1.165) is 37.2 Å². The van der Waals surface area contributed by atoms with Crippen molar-refractivity contribution in [2.24, 2.45) is 5.92 Å². The van der Waals surface area contributed by atoms with E-state index >= 15 is 0 Å². The van der Waals surface area contributed by atoms with Gasteiger partial charge in [0.05, 0.1) is 16.5 Å². The fourth-order valence-corrected chi connectivity index (χ4v) is 4.42. The summed E-state index contributed by atoms with van der Waals surface area (Å²) in [7, 11) is 0. The SMILES string of the molecule is CC1CCCC([NH+]2CC[NH+](Cc3ccccc3[N+](=O)[O-])CC2)C1. The van der Waals surface area contributed by atoms with Gasteiger partial charge in [0, 0.05) is 12.5 Å². The first-order valence-corrected chi connectivity index (χ1v) is 9.04. The van der Waals surface area contributed by atoms with Crippen molar-refractivity contribution in [3.63, 3.8) is 0 Å². The van der Waals surface area contributed by atoms with Gasteiger partial charge in [0.2, 0.25) is 0 Å². The van der Waals surface area contributed by atoms with Crippen molar-refractivity contribution in [2.45, 2.75) is 45.2 Å². The van der Waals surface area contributed by atoms with Crippen LogP contribution >= 0.6 is 0 Å². The van der Waals surface area contributed by atoms with E-state index in [2.05, 4.69) is 6.92 Å². The van der Waals surface area contributed by atoms with Gasteiger partial charge in [0.25, 0.3) is 5.69 Å². The summed E-state index contributed by atoms with van der Waals surface area (Å²) >= 11 is 0. The highest BCUT2D eigenvalue weighted by molar-refractivity contribution is 5.39. The van der Waals surface area contributed by atoms with E-state index in [1.165, 1.54) is 43.7 Å². The average Bonchev–Trinajstić information content (AvgIpc) is 2.56. The van der Waals surface area contributed by atoms with Gasteiger partial charge in [0.15, 0.2) is 0 Å². The fraction of sp³-hybridized carbons (Fsp3) is 0.667. The number of nitro groups is 1. The molecule has 2 aliphatic rings. The summed E-state index contributed by atoms with van der Waals surface area (Å²) in [5.74, 6) is 0.888. The number of nitrogens with zero attached hydrogens (tertiary/aromatic N) is 1. The number of piperazine rings is 1. The number of para-hydroxylation sites is 1. The molecule has 1 saturated carbocycles. The number of hydrogen-bond donors (Lipinski definition) is 2. The molecule has 1 aromatic carbocycles. The predicted molar refractivity (Wildman–Crippen MR) is 89.6 cm³/mol. The second-order valence-corrected chi connectivity index (χ2v) is 7.44. The topological polar surface area (TPSA) is 52.0 Å². The molecule has 5 heteroatoms. The standard InChI is InChI=1S/C18H27N3O2/c1-15-5-4-7-17(13-15)20-11-9-19(10-12-20)14-16-6-2-3-8-18(16)21(22)23/h2-3,6,8,15,17H,4-5,7,9-14H2,1H3/p+2. The highest BCUT2D eigenvalue weighted by atomic mass is 16.6. The lowest BCUT2D eigenvalue weighted by Gasteiger charge is -2.37. The molecule has 2 unspecified atom stereocenters. The molecule has 2 fully saturated rings. The van der Waals surface area contributed by atoms with Gasteiger partial charge in [-0.05, 0) is 24.8 Å². The van der Waals surface area contributed by atoms with Crippen molar-refractivity contribution >= 4 is 5.69 Å². The Morgan fingerprint density at radius 2 is 1.91 bits per heavy atom. The minimum atomic E-state index is -0.250. The summed E-state index contributed by atoms with van der Waals surface area (Å²) < 4.78 is 0. The second-order valence-electron chi connectivity index (χ2n) is 7.44. The molecule has 0 aromatic heterocycles. The number of hydrogen-bond acceptors (Lipinski definition) is 2. The first-order valence-electron chi connectivity index (χ1n) is 9.04. The van der Waals surface area contributed by atoms with Gasteiger partial charge in [-0.25, -0.2) is 0 Å². The third-order valence-electron chi connectivity index (χ3n) is 5.74. The molecule has 0 amide bonds. The summed E-state index contributed by atoms with van der Waals surface area (Å²) in [6, 6.07) is 8.05. The van der Waals surface area contributed by atoms with E-state index in [-0.39, 0.29) is 10.6 Å². The molecular weight excluding hydrogens is 290 g/mol. The molecule has 0 spiro atoms. The van der Waals surface area contributed by atoms with Gasteiger partial charge >= 0.3 is 0 Å². The van der Waals surface area contributed by atoms with Crippen molar-refractivity contribution < 1.29 is 14.7 Å². The lowest BCUT2D eigenvalue weighted by atomic mass is 9.86. The van der Waals surface area contributed by atoms with Gasteiger partial charge in [-0.1, -0.05) is 25.5 Å². The van der Waals surface area contributed by atoms with Crippen LogP contribution in [-0.4, -0.2) is 37.1 Å². The van der Waals surface area contributed by atoms with Crippen LogP contribution in [0.25, 0.3) is 0 Å². The van der Waals surface area contributed by atoms with Crippen molar-refractivity contribution in [3.05, 3.63) is 39.9 Å². The first kappa shape index (κ1) is 16.4. The summed E-state index contributed by atoms with van der Waals surface area (Å²) in [5.41, 5.74) is 1.15.